The fraction of sp³-hybridized carbons (Fsp3) is 0.308. The van der Waals surface area contributed by atoms with Crippen LogP contribution in [0.4, 0.5) is 8.78 Å². The number of aliphatic carboxylic acids is 1. The van der Waals surface area contributed by atoms with Gasteiger partial charge in [0.25, 0.3) is 0 Å². The van der Waals surface area contributed by atoms with E-state index in [9.17, 15) is 31.7 Å². The van der Waals surface area contributed by atoms with Gasteiger partial charge in [-0.05, 0) is 24.5 Å². The van der Waals surface area contributed by atoms with Crippen molar-refractivity contribution in [3.63, 3.8) is 0 Å². The standard InChI is InChI=1S/C13H12F2N2O5S.K.H/c14-7-3-6-1-2-9(11(6)8(15)4-7)17-10(12(18)19)5-16-13(17)23(20,21)22;;/h3-5,9,13,16H,1-2H2,(H,18,19)(H,20,21,22);;. The van der Waals surface area contributed by atoms with E-state index in [0.717, 1.165) is 17.2 Å². The molecule has 7 nitrogen and oxygen atoms in total. The van der Waals surface area contributed by atoms with Gasteiger partial charge in [0.05, 0.1) is 6.04 Å². The van der Waals surface area contributed by atoms with Crippen LogP contribution in [-0.4, -0.2) is 85.8 Å². The van der Waals surface area contributed by atoms with Crippen LogP contribution < -0.4 is 5.32 Å². The van der Waals surface area contributed by atoms with Gasteiger partial charge in [-0.1, -0.05) is 0 Å². The number of hydrogen-bond acceptors (Lipinski definition) is 5. The number of benzene rings is 1. The molecule has 0 radical (unpaired) electrons. The van der Waals surface area contributed by atoms with E-state index in [-0.39, 0.29) is 69.8 Å². The van der Waals surface area contributed by atoms with Gasteiger partial charge in [0.15, 0.2) is 0 Å². The molecule has 24 heavy (non-hydrogen) atoms. The van der Waals surface area contributed by atoms with Crippen LogP contribution in [0.5, 0.6) is 0 Å². The van der Waals surface area contributed by atoms with E-state index in [0.29, 0.717) is 11.6 Å². The van der Waals surface area contributed by atoms with E-state index in [1.807, 2.05) is 0 Å². The quantitative estimate of drug-likeness (QED) is 0.507. The molecule has 0 saturated heterocycles. The van der Waals surface area contributed by atoms with Crippen LogP contribution in [0.2, 0.25) is 0 Å². The summed E-state index contributed by atoms with van der Waals surface area (Å²) in [4.78, 5) is 12.2. The molecule has 1 aliphatic heterocycles. The normalized spacial score (nSPS) is 22.5. The zero-order valence-electron chi connectivity index (χ0n) is 11.5. The summed E-state index contributed by atoms with van der Waals surface area (Å²) in [5, 5.41) is 11.5. The monoisotopic (exact) mass is 386 g/mol. The van der Waals surface area contributed by atoms with Crippen LogP contribution in [0.25, 0.3) is 0 Å². The topological polar surface area (TPSA) is 107 Å². The Balaban J connectivity index is 0.00000208. The summed E-state index contributed by atoms with van der Waals surface area (Å²) < 4.78 is 59.7. The second-order valence-corrected chi connectivity index (χ2v) is 6.77. The molecule has 2 unspecified atom stereocenters. The van der Waals surface area contributed by atoms with Crippen molar-refractivity contribution in [3.8, 4) is 0 Å². The summed E-state index contributed by atoms with van der Waals surface area (Å²) >= 11 is 0. The number of carbonyl (C=O) groups is 1. The molecule has 3 rings (SSSR count). The molecule has 1 aromatic carbocycles. The zero-order valence-corrected chi connectivity index (χ0v) is 12.3. The van der Waals surface area contributed by atoms with Crippen molar-refractivity contribution in [2.45, 2.75) is 24.4 Å². The van der Waals surface area contributed by atoms with Gasteiger partial charge in [0.1, 0.15) is 17.3 Å². The van der Waals surface area contributed by atoms with Crippen molar-refractivity contribution in [2.75, 3.05) is 0 Å². The molecule has 0 amide bonds. The first-order valence-corrected chi connectivity index (χ1v) is 8.12. The van der Waals surface area contributed by atoms with Gasteiger partial charge in [-0.3, -0.25) is 4.55 Å². The van der Waals surface area contributed by atoms with E-state index in [2.05, 4.69) is 5.32 Å². The number of halogens is 2. The minimum atomic E-state index is -4.68. The van der Waals surface area contributed by atoms with Gasteiger partial charge >= 0.3 is 67.5 Å². The molecule has 0 bridgehead atoms. The molecule has 0 spiro atoms. The molecular weight excluding hydrogens is 373 g/mol. The van der Waals surface area contributed by atoms with E-state index in [4.69, 9.17) is 0 Å². The number of carboxylic acids is 1. The summed E-state index contributed by atoms with van der Waals surface area (Å²) in [6, 6.07) is 0.844. The Morgan fingerprint density at radius 2 is 2.00 bits per heavy atom. The number of hydrogen-bond donors (Lipinski definition) is 3. The molecule has 2 atom stereocenters. The van der Waals surface area contributed by atoms with Crippen molar-refractivity contribution in [3.05, 3.63) is 46.8 Å². The molecule has 2 aliphatic rings. The fourth-order valence-corrected chi connectivity index (χ4v) is 3.88. The number of nitrogens with one attached hydrogen (secondary N) is 1. The van der Waals surface area contributed by atoms with Crippen molar-refractivity contribution >= 4 is 67.5 Å². The Bertz CT molecular complexity index is 830. The molecule has 0 fully saturated rings. The summed E-state index contributed by atoms with van der Waals surface area (Å²) in [6.07, 6.45) is 1.38. The van der Waals surface area contributed by atoms with E-state index in [1.54, 1.807) is 0 Å². The Morgan fingerprint density at radius 1 is 1.33 bits per heavy atom. The van der Waals surface area contributed by atoms with Gasteiger partial charge in [0.2, 0.25) is 5.50 Å². The van der Waals surface area contributed by atoms with Crippen LogP contribution in [0, 0.1) is 11.6 Å². The number of nitrogens with zero attached hydrogens (tertiary/aromatic N) is 1. The summed E-state index contributed by atoms with van der Waals surface area (Å²) in [6.45, 7) is 0. The fourth-order valence-electron chi connectivity index (χ4n) is 3.10. The van der Waals surface area contributed by atoms with Crippen molar-refractivity contribution in [1.29, 1.82) is 0 Å². The molecule has 11 heteroatoms. The molecule has 0 aromatic heterocycles. The third-order valence-electron chi connectivity index (χ3n) is 3.93. The Morgan fingerprint density at radius 3 is 2.58 bits per heavy atom. The molecule has 1 aliphatic carbocycles. The minimum absolute atomic E-state index is 0. The predicted molar refractivity (Wildman–Crippen MR) is 80.6 cm³/mol. The van der Waals surface area contributed by atoms with Crippen molar-refractivity contribution in [2.24, 2.45) is 0 Å². The number of rotatable bonds is 3. The summed E-state index contributed by atoms with van der Waals surface area (Å²) in [5.41, 5.74) is -1.78. The molecule has 126 valence electrons. The maximum absolute atomic E-state index is 14.1. The SMILES string of the molecule is O=C(O)C1=CNC(S(=O)(=O)O)N1C1CCc2cc(F)cc(F)c21.[KH]. The summed E-state index contributed by atoms with van der Waals surface area (Å²) in [7, 11) is -4.68. The average molecular weight is 386 g/mol. The Hall–Kier alpha value is -0.564. The molecule has 1 heterocycles. The van der Waals surface area contributed by atoms with Gasteiger partial charge in [0, 0.05) is 17.8 Å². The summed E-state index contributed by atoms with van der Waals surface area (Å²) in [5.74, 6) is -3.07. The second kappa shape index (κ2) is 6.98. The van der Waals surface area contributed by atoms with Gasteiger partial charge < -0.3 is 15.3 Å². The Labute approximate surface area is 178 Å². The van der Waals surface area contributed by atoms with Gasteiger partial charge in [-0.15, -0.1) is 0 Å². The van der Waals surface area contributed by atoms with E-state index >= 15 is 0 Å². The van der Waals surface area contributed by atoms with E-state index in [1.165, 1.54) is 0 Å². The van der Waals surface area contributed by atoms with E-state index < -0.39 is 45.0 Å². The third kappa shape index (κ3) is 3.38. The van der Waals surface area contributed by atoms with Crippen LogP contribution >= 0.6 is 0 Å². The Kier molecular flexibility index (Phi) is 5.74. The average Bonchev–Trinajstić information content (AvgIpc) is 2.99. The third-order valence-corrected chi connectivity index (χ3v) is 4.86. The van der Waals surface area contributed by atoms with Crippen LogP contribution in [-0.2, 0) is 21.3 Å². The number of fused-ring (bicyclic) bond motifs is 1. The van der Waals surface area contributed by atoms with Gasteiger partial charge in [-0.2, -0.15) is 8.42 Å². The van der Waals surface area contributed by atoms with Crippen molar-refractivity contribution in [1.82, 2.24) is 10.2 Å². The molecular formula is C13H13F2KN2O5S. The second-order valence-electron chi connectivity index (χ2n) is 5.29. The van der Waals surface area contributed by atoms with Crippen LogP contribution in [0.1, 0.15) is 23.6 Å². The number of carboxylic acid groups (broad SMARTS) is 1. The first kappa shape index (κ1) is 19.8. The molecule has 1 aromatic rings. The van der Waals surface area contributed by atoms with Gasteiger partial charge in [-0.25, -0.2) is 13.6 Å². The predicted octanol–water partition coefficient (Wildman–Crippen LogP) is 0.306. The van der Waals surface area contributed by atoms with Crippen molar-refractivity contribution < 1.29 is 31.7 Å². The molecule has 0 saturated carbocycles. The maximum atomic E-state index is 14.1. The molecule has 3 N–H and O–H groups in total. The number of aryl methyl sites for hydroxylation is 1. The van der Waals surface area contributed by atoms with Crippen LogP contribution in [0.15, 0.2) is 24.0 Å². The zero-order chi connectivity index (χ0) is 16.9. The first-order valence-electron chi connectivity index (χ1n) is 6.62. The van der Waals surface area contributed by atoms with Crippen LogP contribution in [0.3, 0.4) is 0 Å². The first-order chi connectivity index (χ1) is 10.7.